The van der Waals surface area contributed by atoms with Crippen molar-refractivity contribution in [3.05, 3.63) is 0 Å². The zero-order valence-corrected chi connectivity index (χ0v) is 13.7. The maximum Gasteiger partial charge on any atom is 0.00445 e. The van der Waals surface area contributed by atoms with Gasteiger partial charge in [0, 0.05) is 11.0 Å². The first-order chi connectivity index (χ1) is 7.35. The molecule has 0 aromatic rings. The van der Waals surface area contributed by atoms with Crippen molar-refractivity contribution >= 4 is 41.9 Å². The molecule has 0 heterocycles. The normalized spacial score (nSPS) is 13.0. The molecule has 92 valence electrons. The van der Waals surface area contributed by atoms with Gasteiger partial charge in [0.05, 0.1) is 0 Å². The molecule has 0 aromatic heterocycles. The Hall–Kier alpha value is 1.39. The number of hydrogen-bond acceptors (Lipinski definition) is 3. The van der Waals surface area contributed by atoms with E-state index in [0.717, 1.165) is 5.25 Å². The van der Waals surface area contributed by atoms with Crippen molar-refractivity contribution in [1.29, 1.82) is 0 Å². The van der Waals surface area contributed by atoms with Crippen LogP contribution in [0.2, 0.25) is 0 Å². The van der Waals surface area contributed by atoms with Gasteiger partial charge in [0.15, 0.2) is 0 Å². The van der Waals surface area contributed by atoms with Crippen LogP contribution in [0.1, 0.15) is 38.5 Å². The Morgan fingerprint density at radius 3 is 2.47 bits per heavy atom. The minimum atomic E-state index is 0.906. The van der Waals surface area contributed by atoms with Gasteiger partial charge in [-0.25, -0.2) is 0 Å². The topological polar surface area (TPSA) is 12.0 Å². The summed E-state index contributed by atoms with van der Waals surface area (Å²) in [6, 6.07) is 0. The summed E-state index contributed by atoms with van der Waals surface area (Å²) in [7, 11) is 3.98. The van der Waals surface area contributed by atoms with E-state index in [2.05, 4.69) is 44.5 Å². The van der Waals surface area contributed by atoms with Gasteiger partial charge in [-0.1, -0.05) is 21.8 Å². The van der Waals surface area contributed by atoms with Crippen molar-refractivity contribution < 1.29 is 0 Å². The van der Waals surface area contributed by atoms with Crippen molar-refractivity contribution in [3.8, 4) is 0 Å². The fourth-order valence-corrected chi connectivity index (χ4v) is 3.61. The van der Waals surface area contributed by atoms with Crippen molar-refractivity contribution in [1.82, 2.24) is 5.32 Å². The van der Waals surface area contributed by atoms with Gasteiger partial charge in [-0.3, -0.25) is 0 Å². The van der Waals surface area contributed by atoms with Crippen LogP contribution < -0.4 is 5.32 Å². The largest absolute Gasteiger partial charge is 0.320 e. The zero-order chi connectivity index (χ0) is 11.4. The maximum atomic E-state index is 3.20. The second-order valence-electron chi connectivity index (χ2n) is 3.77. The first-order valence-electron chi connectivity index (χ1n) is 5.76. The van der Waals surface area contributed by atoms with Crippen LogP contribution in [0.4, 0.5) is 0 Å². The number of halogens is 1. The molecule has 0 saturated carbocycles. The third-order valence-corrected chi connectivity index (χ3v) is 5.44. The molecule has 0 saturated heterocycles. The van der Waals surface area contributed by atoms with Crippen LogP contribution in [-0.4, -0.2) is 30.9 Å². The lowest BCUT2D eigenvalue weighted by Gasteiger charge is -2.13. The highest BCUT2D eigenvalue weighted by Gasteiger charge is 2.05. The highest BCUT2D eigenvalue weighted by Crippen LogP contribution is 2.22. The smallest absolute Gasteiger partial charge is 0.00445 e. The fourth-order valence-electron chi connectivity index (χ4n) is 1.60. The summed E-state index contributed by atoms with van der Waals surface area (Å²) in [6.07, 6.45) is 10.6. The minimum absolute atomic E-state index is 0.906. The summed E-state index contributed by atoms with van der Waals surface area (Å²) in [5.41, 5.74) is 0. The van der Waals surface area contributed by atoms with Crippen LogP contribution in [0.5, 0.6) is 0 Å². The molecule has 0 radical (unpaired) electrons. The van der Waals surface area contributed by atoms with E-state index in [0.29, 0.717) is 0 Å². The molecule has 15 heavy (non-hydrogen) atoms. The Kier molecular flexibility index (Phi) is 14.7. The standard InChI is InChI=1S/C11H24INS2/c1-13-9-5-3-4-7-11(14-2)8-6-10-15-12/h11,13H,3-10H2,1-2H3. The summed E-state index contributed by atoms with van der Waals surface area (Å²) in [5.74, 6) is 1.32. The fraction of sp³-hybridized carbons (Fsp3) is 1.00. The average Bonchev–Trinajstić information content (AvgIpc) is 2.26. The van der Waals surface area contributed by atoms with Crippen molar-refractivity contribution in [2.75, 3.05) is 25.6 Å². The summed E-state index contributed by atoms with van der Waals surface area (Å²) < 4.78 is 0. The molecule has 0 fully saturated rings. The predicted molar refractivity (Wildman–Crippen MR) is 85.4 cm³/mol. The van der Waals surface area contributed by atoms with Crippen LogP contribution in [0, 0.1) is 0 Å². The predicted octanol–water partition coefficient (Wildman–Crippen LogP) is 4.36. The van der Waals surface area contributed by atoms with Gasteiger partial charge >= 0.3 is 0 Å². The number of thioether (sulfide) groups is 1. The minimum Gasteiger partial charge on any atom is -0.320 e. The van der Waals surface area contributed by atoms with E-state index >= 15 is 0 Å². The van der Waals surface area contributed by atoms with E-state index in [-0.39, 0.29) is 0 Å². The van der Waals surface area contributed by atoms with Crippen LogP contribution in [0.25, 0.3) is 0 Å². The first kappa shape index (κ1) is 16.4. The molecule has 0 aliphatic heterocycles. The van der Waals surface area contributed by atoms with Crippen molar-refractivity contribution in [3.63, 3.8) is 0 Å². The molecule has 0 aromatic carbocycles. The van der Waals surface area contributed by atoms with Gasteiger partial charge in [0.25, 0.3) is 0 Å². The maximum absolute atomic E-state index is 3.20. The lowest BCUT2D eigenvalue weighted by molar-refractivity contribution is 0.589. The quantitative estimate of drug-likeness (QED) is 0.434. The summed E-state index contributed by atoms with van der Waals surface area (Å²) >= 11 is 4.45. The van der Waals surface area contributed by atoms with Crippen LogP contribution in [-0.2, 0) is 0 Å². The van der Waals surface area contributed by atoms with Gasteiger partial charge in [0.2, 0.25) is 0 Å². The summed E-state index contributed by atoms with van der Waals surface area (Å²) in [6.45, 7) is 1.18. The van der Waals surface area contributed by atoms with E-state index in [1.165, 1.54) is 50.8 Å². The number of rotatable bonds is 11. The van der Waals surface area contributed by atoms with Gasteiger partial charge in [-0.05, 0) is 66.7 Å². The average molecular weight is 361 g/mol. The first-order valence-corrected chi connectivity index (χ1v) is 10.6. The molecule has 1 unspecified atom stereocenters. The van der Waals surface area contributed by atoms with Gasteiger partial charge in [-0.2, -0.15) is 11.8 Å². The Morgan fingerprint density at radius 1 is 1.13 bits per heavy atom. The molecule has 1 atom stereocenters. The number of hydrogen-bond donors (Lipinski definition) is 1. The zero-order valence-electron chi connectivity index (χ0n) is 9.93. The van der Waals surface area contributed by atoms with Gasteiger partial charge < -0.3 is 5.32 Å². The van der Waals surface area contributed by atoms with Crippen molar-refractivity contribution in [2.24, 2.45) is 0 Å². The Bertz CT molecular complexity index is 125. The second kappa shape index (κ2) is 13.5. The molecular weight excluding hydrogens is 337 g/mol. The molecule has 1 N–H and O–H groups in total. The van der Waals surface area contributed by atoms with Crippen LogP contribution in [0.3, 0.4) is 0 Å². The van der Waals surface area contributed by atoms with Gasteiger partial charge in [-0.15, -0.1) is 0 Å². The molecule has 0 aliphatic rings. The van der Waals surface area contributed by atoms with E-state index < -0.39 is 0 Å². The lowest BCUT2D eigenvalue weighted by atomic mass is 10.1. The Balaban J connectivity index is 3.28. The highest BCUT2D eigenvalue weighted by atomic mass is 127. The van der Waals surface area contributed by atoms with Crippen LogP contribution in [0.15, 0.2) is 0 Å². The third-order valence-electron chi connectivity index (χ3n) is 2.53. The monoisotopic (exact) mass is 361 g/mol. The van der Waals surface area contributed by atoms with Crippen LogP contribution >= 0.6 is 41.9 Å². The molecule has 0 bridgehead atoms. The molecule has 0 rings (SSSR count). The Labute approximate surface area is 116 Å². The second-order valence-corrected chi connectivity index (χ2v) is 7.40. The van der Waals surface area contributed by atoms with E-state index in [9.17, 15) is 0 Å². The van der Waals surface area contributed by atoms with E-state index in [1.54, 1.807) is 0 Å². The molecule has 1 nitrogen and oxygen atoms in total. The molecular formula is C11H24INS2. The third kappa shape index (κ3) is 11.6. The molecule has 0 aliphatic carbocycles. The summed E-state index contributed by atoms with van der Waals surface area (Å²) in [5, 5.41) is 4.11. The highest BCUT2D eigenvalue weighted by molar-refractivity contribution is 14.2. The summed E-state index contributed by atoms with van der Waals surface area (Å²) in [4.78, 5) is 0. The molecule has 0 spiro atoms. The molecule has 0 amide bonds. The Morgan fingerprint density at radius 2 is 1.87 bits per heavy atom. The van der Waals surface area contributed by atoms with Crippen molar-refractivity contribution in [2.45, 2.75) is 43.8 Å². The lowest BCUT2D eigenvalue weighted by Crippen LogP contribution is -2.08. The van der Waals surface area contributed by atoms with E-state index in [1.807, 2.05) is 16.0 Å². The molecule has 4 heteroatoms. The SMILES string of the molecule is CNCCCCCC(CCCSI)SC. The number of unbranched alkanes of at least 4 members (excludes halogenated alkanes) is 2. The van der Waals surface area contributed by atoms with E-state index in [4.69, 9.17) is 0 Å². The van der Waals surface area contributed by atoms with Gasteiger partial charge in [0.1, 0.15) is 0 Å². The number of nitrogens with one attached hydrogen (secondary N) is 1.